The molecule has 3 aromatic rings. The van der Waals surface area contributed by atoms with Crippen molar-refractivity contribution >= 4 is 16.7 Å². The SMILES string of the molecule is CC(C)c1ccc2c(c1)C(=O)/C(=C\NC(C)(C)C)C(n1ccc3ccccc31)O2. The number of para-hydroxylation sites is 1. The number of fused-ring (bicyclic) bond motifs is 2. The molecule has 0 fully saturated rings. The van der Waals surface area contributed by atoms with Crippen molar-refractivity contribution in [3.8, 4) is 5.75 Å². The molecule has 0 saturated carbocycles. The van der Waals surface area contributed by atoms with Crippen LogP contribution in [0.1, 0.15) is 62.7 Å². The molecular weight excluding hydrogens is 360 g/mol. The standard InChI is InChI=1S/C25H28N2O2/c1-16(2)18-10-11-22-19(14-18)23(28)20(15-26-25(3,4)5)24(29-22)27-13-12-17-8-6-7-9-21(17)27/h6-16,24,26H,1-5H3/b20-15+. The number of rotatable bonds is 3. The average molecular weight is 389 g/mol. The van der Waals surface area contributed by atoms with Crippen LogP contribution in [0, 0.1) is 0 Å². The van der Waals surface area contributed by atoms with Gasteiger partial charge in [0, 0.05) is 17.9 Å². The number of nitrogens with one attached hydrogen (secondary N) is 1. The summed E-state index contributed by atoms with van der Waals surface area (Å²) in [5.74, 6) is 0.989. The zero-order valence-corrected chi connectivity index (χ0v) is 17.7. The zero-order chi connectivity index (χ0) is 20.8. The number of Topliss-reactive ketones (excluding diaryl/α,β-unsaturated/α-hetero) is 1. The van der Waals surface area contributed by atoms with Crippen LogP contribution < -0.4 is 10.1 Å². The van der Waals surface area contributed by atoms with Gasteiger partial charge in [0.2, 0.25) is 6.23 Å². The molecule has 0 aliphatic carbocycles. The van der Waals surface area contributed by atoms with E-state index < -0.39 is 6.23 Å². The molecule has 2 aromatic carbocycles. The molecule has 2 heterocycles. The van der Waals surface area contributed by atoms with Gasteiger partial charge >= 0.3 is 0 Å². The molecular formula is C25H28N2O2. The maximum Gasteiger partial charge on any atom is 0.207 e. The number of carbonyl (C=O) groups is 1. The smallest absolute Gasteiger partial charge is 0.207 e. The number of benzene rings is 2. The summed E-state index contributed by atoms with van der Waals surface area (Å²) in [6.45, 7) is 10.5. The number of hydrogen-bond donors (Lipinski definition) is 1. The van der Waals surface area contributed by atoms with Crippen LogP contribution in [-0.2, 0) is 0 Å². The molecule has 0 bridgehead atoms. The van der Waals surface area contributed by atoms with Crippen LogP contribution in [0.2, 0.25) is 0 Å². The molecule has 0 radical (unpaired) electrons. The van der Waals surface area contributed by atoms with Crippen LogP contribution in [0.4, 0.5) is 0 Å². The molecule has 0 saturated heterocycles. The van der Waals surface area contributed by atoms with Crippen molar-refractivity contribution in [2.45, 2.75) is 52.3 Å². The van der Waals surface area contributed by atoms with Crippen molar-refractivity contribution in [2.24, 2.45) is 0 Å². The van der Waals surface area contributed by atoms with E-state index in [4.69, 9.17) is 4.74 Å². The van der Waals surface area contributed by atoms with Crippen LogP contribution in [0.3, 0.4) is 0 Å². The topological polar surface area (TPSA) is 43.3 Å². The Morgan fingerprint density at radius 2 is 1.86 bits per heavy atom. The van der Waals surface area contributed by atoms with Crippen LogP contribution in [0.25, 0.3) is 10.9 Å². The molecule has 1 N–H and O–H groups in total. The van der Waals surface area contributed by atoms with E-state index in [-0.39, 0.29) is 11.3 Å². The highest BCUT2D eigenvalue weighted by Crippen LogP contribution is 2.38. The van der Waals surface area contributed by atoms with E-state index in [0.29, 0.717) is 22.8 Å². The molecule has 150 valence electrons. The minimum Gasteiger partial charge on any atom is -0.465 e. The van der Waals surface area contributed by atoms with E-state index in [1.807, 2.05) is 47.3 Å². The van der Waals surface area contributed by atoms with Crippen molar-refractivity contribution in [2.75, 3.05) is 0 Å². The quantitative estimate of drug-likeness (QED) is 0.576. The molecule has 0 amide bonds. The van der Waals surface area contributed by atoms with Gasteiger partial charge in [-0.25, -0.2) is 0 Å². The first-order valence-electron chi connectivity index (χ1n) is 10.1. The lowest BCUT2D eigenvalue weighted by Gasteiger charge is -2.31. The molecule has 29 heavy (non-hydrogen) atoms. The lowest BCUT2D eigenvalue weighted by atomic mass is 9.93. The minimum absolute atomic E-state index is 0.00767. The van der Waals surface area contributed by atoms with Crippen molar-refractivity contribution in [3.63, 3.8) is 0 Å². The zero-order valence-electron chi connectivity index (χ0n) is 17.7. The van der Waals surface area contributed by atoms with E-state index in [9.17, 15) is 4.79 Å². The van der Waals surface area contributed by atoms with Gasteiger partial charge in [0.15, 0.2) is 5.78 Å². The van der Waals surface area contributed by atoms with Crippen molar-refractivity contribution in [3.05, 3.63) is 77.6 Å². The third kappa shape index (κ3) is 3.67. The van der Waals surface area contributed by atoms with Gasteiger partial charge < -0.3 is 14.6 Å². The summed E-state index contributed by atoms with van der Waals surface area (Å²) in [6.07, 6.45) is 3.29. The average Bonchev–Trinajstić information content (AvgIpc) is 3.10. The highest BCUT2D eigenvalue weighted by molar-refractivity contribution is 6.12. The Labute approximate surface area is 172 Å². The summed E-state index contributed by atoms with van der Waals surface area (Å²) in [6, 6.07) is 16.1. The summed E-state index contributed by atoms with van der Waals surface area (Å²) in [7, 11) is 0. The first-order chi connectivity index (χ1) is 13.7. The third-order valence-electron chi connectivity index (χ3n) is 5.22. The fourth-order valence-corrected chi connectivity index (χ4v) is 3.59. The normalized spacial score (nSPS) is 18.2. The summed E-state index contributed by atoms with van der Waals surface area (Å²) >= 11 is 0. The van der Waals surface area contributed by atoms with Gasteiger partial charge in [0.05, 0.1) is 16.7 Å². The number of aromatic nitrogens is 1. The lowest BCUT2D eigenvalue weighted by Crippen LogP contribution is -2.35. The molecule has 1 atom stereocenters. The van der Waals surface area contributed by atoms with Gasteiger partial charge in [0.25, 0.3) is 0 Å². The monoisotopic (exact) mass is 388 g/mol. The first kappa shape index (κ1) is 19.3. The van der Waals surface area contributed by atoms with Crippen LogP contribution in [0.15, 0.2) is 66.5 Å². The Bertz CT molecular complexity index is 1100. The van der Waals surface area contributed by atoms with Gasteiger partial charge in [-0.1, -0.05) is 38.1 Å². The van der Waals surface area contributed by atoms with Gasteiger partial charge in [-0.3, -0.25) is 4.79 Å². The minimum atomic E-state index is -0.519. The summed E-state index contributed by atoms with van der Waals surface area (Å²) < 4.78 is 8.43. The first-order valence-corrected chi connectivity index (χ1v) is 10.1. The number of carbonyl (C=O) groups excluding carboxylic acids is 1. The number of nitrogens with zero attached hydrogens (tertiary/aromatic N) is 1. The van der Waals surface area contributed by atoms with Crippen molar-refractivity contribution in [1.82, 2.24) is 9.88 Å². The van der Waals surface area contributed by atoms with Crippen LogP contribution in [-0.4, -0.2) is 15.9 Å². The number of ether oxygens (including phenoxy) is 1. The Hall–Kier alpha value is -3.01. The van der Waals surface area contributed by atoms with Gasteiger partial charge in [-0.2, -0.15) is 0 Å². The van der Waals surface area contributed by atoms with Crippen LogP contribution in [0.5, 0.6) is 5.75 Å². The number of hydrogen-bond acceptors (Lipinski definition) is 3. The Kier molecular flexibility index (Phi) is 4.73. The molecule has 4 nitrogen and oxygen atoms in total. The predicted octanol–water partition coefficient (Wildman–Crippen LogP) is 5.81. The van der Waals surface area contributed by atoms with Gasteiger partial charge in [-0.05, 0) is 61.9 Å². The summed E-state index contributed by atoms with van der Waals surface area (Å²) in [5, 5.41) is 4.47. The molecule has 4 rings (SSSR count). The molecule has 4 heteroatoms. The fourth-order valence-electron chi connectivity index (χ4n) is 3.59. The second-order valence-corrected chi connectivity index (χ2v) is 8.99. The largest absolute Gasteiger partial charge is 0.465 e. The summed E-state index contributed by atoms with van der Waals surface area (Å²) in [5.41, 5.74) is 3.25. The molecule has 1 aliphatic heterocycles. The molecule has 1 aliphatic rings. The highest BCUT2D eigenvalue weighted by atomic mass is 16.5. The van der Waals surface area contributed by atoms with Gasteiger partial charge in [-0.15, -0.1) is 0 Å². The fraction of sp³-hybridized carbons (Fsp3) is 0.320. The third-order valence-corrected chi connectivity index (χ3v) is 5.22. The highest BCUT2D eigenvalue weighted by Gasteiger charge is 2.34. The summed E-state index contributed by atoms with van der Waals surface area (Å²) in [4.78, 5) is 13.5. The Balaban J connectivity index is 1.85. The number of ketones is 1. The van der Waals surface area contributed by atoms with E-state index in [1.54, 1.807) is 0 Å². The second kappa shape index (κ2) is 7.11. The Morgan fingerprint density at radius 3 is 2.59 bits per heavy atom. The van der Waals surface area contributed by atoms with E-state index in [1.165, 1.54) is 0 Å². The lowest BCUT2D eigenvalue weighted by molar-refractivity contribution is 0.0901. The van der Waals surface area contributed by atoms with E-state index >= 15 is 0 Å². The Morgan fingerprint density at radius 1 is 1.10 bits per heavy atom. The molecule has 1 aromatic heterocycles. The van der Waals surface area contributed by atoms with Crippen molar-refractivity contribution < 1.29 is 9.53 Å². The molecule has 0 spiro atoms. The predicted molar refractivity (Wildman–Crippen MR) is 117 cm³/mol. The van der Waals surface area contributed by atoms with E-state index in [2.05, 4.69) is 58.1 Å². The maximum absolute atomic E-state index is 13.5. The second-order valence-electron chi connectivity index (χ2n) is 8.99. The van der Waals surface area contributed by atoms with Gasteiger partial charge in [0.1, 0.15) is 5.75 Å². The van der Waals surface area contributed by atoms with Crippen molar-refractivity contribution in [1.29, 1.82) is 0 Å². The van der Waals surface area contributed by atoms with E-state index in [0.717, 1.165) is 16.5 Å². The molecule has 1 unspecified atom stereocenters. The van der Waals surface area contributed by atoms with Crippen LogP contribution >= 0.6 is 0 Å². The maximum atomic E-state index is 13.5.